The summed E-state index contributed by atoms with van der Waals surface area (Å²) in [4.78, 5) is 11.0. The summed E-state index contributed by atoms with van der Waals surface area (Å²) < 4.78 is 1.93. The molecule has 18 heavy (non-hydrogen) atoms. The number of carbonyl (C=O) groups is 1. The first kappa shape index (κ1) is 13.3. The van der Waals surface area contributed by atoms with Crippen LogP contribution in [0.3, 0.4) is 0 Å². The number of aryl methyl sites for hydroxylation is 1. The maximum absolute atomic E-state index is 11.0. The van der Waals surface area contributed by atoms with Crippen LogP contribution in [0.1, 0.15) is 15.9 Å². The quantitative estimate of drug-likeness (QED) is 0.765. The standard InChI is InChI=1S/C14H11Br2NO/c1-9-6-11(15)2-4-13(9)17-14-5-3-12(16)7-10(14)8-18/h2-8,17H,1H3. The maximum Gasteiger partial charge on any atom is 0.152 e. The molecule has 0 heterocycles. The number of hydrogen-bond acceptors (Lipinski definition) is 2. The van der Waals surface area contributed by atoms with Crippen LogP contribution in [0.15, 0.2) is 45.3 Å². The van der Waals surface area contributed by atoms with Gasteiger partial charge in [0.25, 0.3) is 0 Å². The third-order valence-electron chi connectivity index (χ3n) is 2.60. The van der Waals surface area contributed by atoms with Gasteiger partial charge in [-0.25, -0.2) is 0 Å². The van der Waals surface area contributed by atoms with E-state index in [9.17, 15) is 4.79 Å². The van der Waals surface area contributed by atoms with Crippen molar-refractivity contribution in [3.05, 3.63) is 56.5 Å². The molecule has 1 N–H and O–H groups in total. The molecule has 0 amide bonds. The monoisotopic (exact) mass is 367 g/mol. The molecule has 0 aliphatic carbocycles. The van der Waals surface area contributed by atoms with Crippen LogP contribution in [0.25, 0.3) is 0 Å². The fraction of sp³-hybridized carbons (Fsp3) is 0.0714. The number of rotatable bonds is 3. The van der Waals surface area contributed by atoms with Gasteiger partial charge < -0.3 is 5.32 Å². The highest BCUT2D eigenvalue weighted by molar-refractivity contribution is 9.10. The normalized spacial score (nSPS) is 10.2. The zero-order valence-corrected chi connectivity index (χ0v) is 12.9. The summed E-state index contributed by atoms with van der Waals surface area (Å²) >= 11 is 6.78. The second kappa shape index (κ2) is 5.67. The average molecular weight is 369 g/mol. The summed E-state index contributed by atoms with van der Waals surface area (Å²) in [6.45, 7) is 2.02. The van der Waals surface area contributed by atoms with Crippen LogP contribution < -0.4 is 5.32 Å². The van der Waals surface area contributed by atoms with Crippen LogP contribution in [-0.2, 0) is 0 Å². The van der Waals surface area contributed by atoms with Crippen LogP contribution >= 0.6 is 31.9 Å². The summed E-state index contributed by atoms with van der Waals surface area (Å²) in [5.74, 6) is 0. The number of carbonyl (C=O) groups excluding carboxylic acids is 1. The van der Waals surface area contributed by atoms with Crippen molar-refractivity contribution in [3.63, 3.8) is 0 Å². The number of halogens is 2. The fourth-order valence-electron chi connectivity index (χ4n) is 1.66. The van der Waals surface area contributed by atoms with Gasteiger partial charge >= 0.3 is 0 Å². The number of nitrogens with one attached hydrogen (secondary N) is 1. The van der Waals surface area contributed by atoms with Gasteiger partial charge in [0, 0.05) is 25.9 Å². The van der Waals surface area contributed by atoms with Gasteiger partial charge in [-0.1, -0.05) is 31.9 Å². The molecule has 0 bridgehead atoms. The van der Waals surface area contributed by atoms with Gasteiger partial charge in [-0.3, -0.25) is 4.79 Å². The minimum absolute atomic E-state index is 0.631. The zero-order valence-electron chi connectivity index (χ0n) is 9.71. The highest BCUT2D eigenvalue weighted by Crippen LogP contribution is 2.26. The van der Waals surface area contributed by atoms with Gasteiger partial charge in [0.1, 0.15) is 0 Å². The van der Waals surface area contributed by atoms with E-state index >= 15 is 0 Å². The average Bonchev–Trinajstić information content (AvgIpc) is 2.34. The molecule has 2 aromatic rings. The highest BCUT2D eigenvalue weighted by Gasteiger charge is 2.05. The molecule has 0 unspecified atom stereocenters. The fourth-order valence-corrected chi connectivity index (χ4v) is 2.51. The Labute approximate surface area is 123 Å². The van der Waals surface area contributed by atoms with E-state index in [0.717, 1.165) is 32.2 Å². The molecule has 0 spiro atoms. The van der Waals surface area contributed by atoms with Crippen molar-refractivity contribution < 1.29 is 4.79 Å². The van der Waals surface area contributed by atoms with E-state index in [2.05, 4.69) is 37.2 Å². The van der Waals surface area contributed by atoms with E-state index in [1.165, 1.54) is 0 Å². The van der Waals surface area contributed by atoms with Crippen LogP contribution in [0, 0.1) is 6.92 Å². The first-order valence-electron chi connectivity index (χ1n) is 5.38. The molecule has 0 aliphatic rings. The molecule has 0 radical (unpaired) electrons. The van der Waals surface area contributed by atoms with Crippen molar-refractivity contribution in [1.29, 1.82) is 0 Å². The van der Waals surface area contributed by atoms with Crippen molar-refractivity contribution in [2.24, 2.45) is 0 Å². The van der Waals surface area contributed by atoms with E-state index < -0.39 is 0 Å². The Morgan fingerprint density at radius 3 is 2.22 bits per heavy atom. The van der Waals surface area contributed by atoms with Gasteiger partial charge in [-0.15, -0.1) is 0 Å². The molecule has 2 nitrogen and oxygen atoms in total. The smallest absolute Gasteiger partial charge is 0.152 e. The van der Waals surface area contributed by atoms with Crippen molar-refractivity contribution in [3.8, 4) is 0 Å². The molecule has 4 heteroatoms. The molecule has 2 aromatic carbocycles. The molecule has 0 aromatic heterocycles. The topological polar surface area (TPSA) is 29.1 Å². The molecule has 2 rings (SSSR count). The highest BCUT2D eigenvalue weighted by atomic mass is 79.9. The summed E-state index contributed by atoms with van der Waals surface area (Å²) in [7, 11) is 0. The summed E-state index contributed by atoms with van der Waals surface area (Å²) in [6.07, 6.45) is 0.848. The summed E-state index contributed by atoms with van der Waals surface area (Å²) in [5, 5.41) is 3.27. The Hall–Kier alpha value is -1.13. The molecular weight excluding hydrogens is 358 g/mol. The van der Waals surface area contributed by atoms with Crippen molar-refractivity contribution >= 4 is 49.5 Å². The summed E-state index contributed by atoms with van der Waals surface area (Å²) in [6, 6.07) is 11.6. The molecule has 92 valence electrons. The predicted octanol–water partition coefficient (Wildman–Crippen LogP) is 5.08. The minimum atomic E-state index is 0.631. The largest absolute Gasteiger partial charge is 0.355 e. The number of anilines is 2. The van der Waals surface area contributed by atoms with Crippen LogP contribution in [0.4, 0.5) is 11.4 Å². The third kappa shape index (κ3) is 3.00. The van der Waals surface area contributed by atoms with E-state index in [1.807, 2.05) is 37.3 Å². The Morgan fingerprint density at radius 1 is 1.00 bits per heavy atom. The molecule has 0 saturated heterocycles. The van der Waals surface area contributed by atoms with E-state index in [1.54, 1.807) is 6.07 Å². The van der Waals surface area contributed by atoms with Gasteiger partial charge in [0.15, 0.2) is 6.29 Å². The second-order valence-electron chi connectivity index (χ2n) is 3.93. The Bertz CT molecular complexity index is 596. The van der Waals surface area contributed by atoms with Crippen molar-refractivity contribution in [2.45, 2.75) is 6.92 Å². The van der Waals surface area contributed by atoms with Crippen LogP contribution in [0.2, 0.25) is 0 Å². The molecule has 0 fully saturated rings. The predicted molar refractivity (Wildman–Crippen MR) is 81.7 cm³/mol. The molecule has 0 saturated carbocycles. The molecular formula is C14H11Br2NO. The lowest BCUT2D eigenvalue weighted by Gasteiger charge is -2.12. The van der Waals surface area contributed by atoms with Gasteiger partial charge in [0.05, 0.1) is 0 Å². The zero-order chi connectivity index (χ0) is 13.1. The Morgan fingerprint density at radius 2 is 1.61 bits per heavy atom. The maximum atomic E-state index is 11.0. The lowest BCUT2D eigenvalue weighted by Crippen LogP contribution is -1.97. The number of benzene rings is 2. The minimum Gasteiger partial charge on any atom is -0.355 e. The molecule has 0 atom stereocenters. The molecule has 0 aliphatic heterocycles. The lowest BCUT2D eigenvalue weighted by molar-refractivity contribution is 0.112. The van der Waals surface area contributed by atoms with E-state index in [0.29, 0.717) is 5.56 Å². The lowest BCUT2D eigenvalue weighted by atomic mass is 10.1. The SMILES string of the molecule is Cc1cc(Br)ccc1Nc1ccc(Br)cc1C=O. The third-order valence-corrected chi connectivity index (χ3v) is 3.58. The van der Waals surface area contributed by atoms with E-state index in [-0.39, 0.29) is 0 Å². The van der Waals surface area contributed by atoms with E-state index in [4.69, 9.17) is 0 Å². The summed E-state index contributed by atoms with van der Waals surface area (Å²) in [5.41, 5.74) is 3.54. The van der Waals surface area contributed by atoms with Gasteiger partial charge in [0.2, 0.25) is 0 Å². The number of hydrogen-bond donors (Lipinski definition) is 1. The first-order chi connectivity index (χ1) is 8.60. The van der Waals surface area contributed by atoms with Crippen LogP contribution in [-0.4, -0.2) is 6.29 Å². The van der Waals surface area contributed by atoms with Gasteiger partial charge in [-0.2, -0.15) is 0 Å². The Balaban J connectivity index is 2.36. The van der Waals surface area contributed by atoms with Crippen molar-refractivity contribution in [2.75, 3.05) is 5.32 Å². The van der Waals surface area contributed by atoms with Gasteiger partial charge in [-0.05, 0) is 48.9 Å². The van der Waals surface area contributed by atoms with Crippen LogP contribution in [0.5, 0.6) is 0 Å². The number of aldehydes is 1. The second-order valence-corrected chi connectivity index (χ2v) is 5.77. The van der Waals surface area contributed by atoms with Crippen molar-refractivity contribution in [1.82, 2.24) is 0 Å². The Kier molecular flexibility index (Phi) is 4.19. The first-order valence-corrected chi connectivity index (χ1v) is 6.96.